The molecule has 5 aromatic rings. The summed E-state index contributed by atoms with van der Waals surface area (Å²) < 4.78 is 32.6. The van der Waals surface area contributed by atoms with Gasteiger partial charge in [-0.15, -0.1) is 0 Å². The van der Waals surface area contributed by atoms with Crippen LogP contribution in [-0.4, -0.2) is 22.5 Å². The molecule has 164 valence electrons. The zero-order chi connectivity index (χ0) is 22.5. The van der Waals surface area contributed by atoms with Crippen LogP contribution in [0.15, 0.2) is 71.5 Å². The van der Waals surface area contributed by atoms with E-state index in [4.69, 9.17) is 4.42 Å². The molecule has 2 aromatic heterocycles. The Morgan fingerprint density at radius 2 is 1.79 bits per heavy atom. The van der Waals surface area contributed by atoms with Crippen LogP contribution in [0, 0.1) is 11.6 Å². The first-order valence-corrected chi connectivity index (χ1v) is 10.7. The normalized spacial score (nSPS) is 13.5. The predicted octanol–water partition coefficient (Wildman–Crippen LogP) is 6.45. The molecule has 3 heterocycles. The molecule has 0 aliphatic carbocycles. The van der Waals surface area contributed by atoms with Gasteiger partial charge in [-0.05, 0) is 46.9 Å². The second kappa shape index (κ2) is 7.48. The summed E-state index contributed by atoms with van der Waals surface area (Å²) in [6, 6.07) is 16.3. The number of halogens is 2. The molecule has 1 aliphatic heterocycles. The molecule has 1 aliphatic rings. The highest BCUT2D eigenvalue weighted by Crippen LogP contribution is 2.30. The van der Waals surface area contributed by atoms with E-state index >= 15 is 0 Å². The fourth-order valence-electron chi connectivity index (χ4n) is 4.45. The van der Waals surface area contributed by atoms with Crippen molar-refractivity contribution in [2.75, 3.05) is 11.9 Å². The Balaban J connectivity index is 1.21. The second-order valence-electron chi connectivity index (χ2n) is 8.27. The number of anilines is 1. The van der Waals surface area contributed by atoms with Gasteiger partial charge in [-0.25, -0.2) is 13.6 Å². The van der Waals surface area contributed by atoms with Gasteiger partial charge in [0.15, 0.2) is 11.6 Å². The van der Waals surface area contributed by atoms with Crippen molar-refractivity contribution >= 4 is 33.6 Å². The van der Waals surface area contributed by atoms with Gasteiger partial charge in [-0.2, -0.15) is 0 Å². The van der Waals surface area contributed by atoms with Crippen molar-refractivity contribution in [1.29, 1.82) is 0 Å². The third kappa shape index (κ3) is 3.42. The van der Waals surface area contributed by atoms with Crippen LogP contribution in [0.1, 0.15) is 11.1 Å². The number of H-pyrrole nitrogens is 1. The molecule has 0 saturated heterocycles. The monoisotopic (exact) mass is 443 g/mol. The van der Waals surface area contributed by atoms with Crippen molar-refractivity contribution in [3.8, 4) is 11.1 Å². The Hall–Kier alpha value is -4.13. The summed E-state index contributed by atoms with van der Waals surface area (Å²) in [4.78, 5) is 17.5. The Morgan fingerprint density at radius 3 is 2.70 bits per heavy atom. The minimum absolute atomic E-state index is 0.279. The van der Waals surface area contributed by atoms with Gasteiger partial charge in [0.1, 0.15) is 5.58 Å². The molecule has 0 fully saturated rings. The maximum absolute atomic E-state index is 13.7. The Bertz CT molecular complexity index is 1540. The van der Waals surface area contributed by atoms with Crippen molar-refractivity contribution in [1.82, 2.24) is 9.88 Å². The topological polar surface area (TPSA) is 61.3 Å². The van der Waals surface area contributed by atoms with E-state index in [-0.39, 0.29) is 6.03 Å². The number of amides is 2. The van der Waals surface area contributed by atoms with Gasteiger partial charge in [-0.1, -0.05) is 30.3 Å². The SMILES string of the molecule is O=C(Nc1c[nH]c2cc(F)c(F)cc12)N1CCc2cc(-c3ccc4ccoc4c3)ccc2C1. The molecule has 5 nitrogen and oxygen atoms in total. The highest BCUT2D eigenvalue weighted by molar-refractivity contribution is 6.01. The molecule has 3 aromatic carbocycles. The number of nitrogens with zero attached hydrogens (tertiary/aromatic N) is 1. The number of aromatic amines is 1. The van der Waals surface area contributed by atoms with E-state index in [1.54, 1.807) is 17.4 Å². The fourth-order valence-corrected chi connectivity index (χ4v) is 4.45. The van der Waals surface area contributed by atoms with E-state index in [0.29, 0.717) is 29.7 Å². The molecule has 0 atom stereocenters. The average molecular weight is 443 g/mol. The van der Waals surface area contributed by atoms with Gasteiger partial charge >= 0.3 is 6.03 Å². The smallest absolute Gasteiger partial charge is 0.322 e. The van der Waals surface area contributed by atoms with Crippen LogP contribution in [0.5, 0.6) is 0 Å². The van der Waals surface area contributed by atoms with Gasteiger partial charge in [0.05, 0.1) is 17.5 Å². The van der Waals surface area contributed by atoms with E-state index in [2.05, 4.69) is 34.6 Å². The number of fused-ring (bicyclic) bond motifs is 3. The van der Waals surface area contributed by atoms with Crippen molar-refractivity contribution in [3.05, 3.63) is 89.8 Å². The summed E-state index contributed by atoms with van der Waals surface area (Å²) in [6.45, 7) is 1.04. The maximum atomic E-state index is 13.7. The molecule has 2 N–H and O–H groups in total. The van der Waals surface area contributed by atoms with E-state index in [1.807, 2.05) is 18.2 Å². The Kier molecular flexibility index (Phi) is 4.43. The summed E-state index contributed by atoms with van der Waals surface area (Å²) in [5, 5.41) is 4.32. The number of rotatable bonds is 2. The third-order valence-corrected chi connectivity index (χ3v) is 6.26. The third-order valence-electron chi connectivity index (χ3n) is 6.26. The quantitative estimate of drug-likeness (QED) is 0.329. The van der Waals surface area contributed by atoms with Crippen molar-refractivity contribution < 1.29 is 18.0 Å². The molecule has 0 radical (unpaired) electrons. The number of furan rings is 1. The van der Waals surface area contributed by atoms with Gasteiger partial charge < -0.3 is 19.6 Å². The van der Waals surface area contributed by atoms with Gasteiger partial charge in [-0.3, -0.25) is 0 Å². The molecule has 33 heavy (non-hydrogen) atoms. The van der Waals surface area contributed by atoms with E-state index in [9.17, 15) is 13.6 Å². The van der Waals surface area contributed by atoms with Crippen LogP contribution >= 0.6 is 0 Å². The molecule has 7 heteroatoms. The number of urea groups is 1. The molecule has 0 saturated carbocycles. The number of carbonyl (C=O) groups excluding carboxylic acids is 1. The van der Waals surface area contributed by atoms with Gasteiger partial charge in [0, 0.05) is 36.1 Å². The zero-order valence-electron chi connectivity index (χ0n) is 17.5. The van der Waals surface area contributed by atoms with Crippen LogP contribution in [0.4, 0.5) is 19.3 Å². The van der Waals surface area contributed by atoms with Gasteiger partial charge in [0.2, 0.25) is 0 Å². The molecular weight excluding hydrogens is 424 g/mol. The standard InChI is InChI=1S/C26H19F2N3O2/c27-21-11-20-23(12-22(21)28)29-13-24(20)30-26(32)31-7-5-18-9-16(3-4-19(18)14-31)17-2-1-15-6-8-33-25(15)10-17/h1-4,6,8-13,29H,5,7,14H2,(H,30,32). The van der Waals surface area contributed by atoms with Crippen LogP contribution in [-0.2, 0) is 13.0 Å². The lowest BCUT2D eigenvalue weighted by Gasteiger charge is -2.29. The molecule has 0 unspecified atom stereocenters. The molecular formula is C26H19F2N3O2. The van der Waals surface area contributed by atoms with Crippen LogP contribution < -0.4 is 5.32 Å². The second-order valence-corrected chi connectivity index (χ2v) is 8.27. The lowest BCUT2D eigenvalue weighted by molar-refractivity contribution is 0.206. The van der Waals surface area contributed by atoms with Crippen LogP contribution in [0.25, 0.3) is 33.0 Å². The predicted molar refractivity (Wildman–Crippen MR) is 123 cm³/mol. The van der Waals surface area contributed by atoms with Crippen LogP contribution in [0.2, 0.25) is 0 Å². The number of carbonyl (C=O) groups is 1. The maximum Gasteiger partial charge on any atom is 0.322 e. The summed E-state index contributed by atoms with van der Waals surface area (Å²) in [5.41, 5.74) is 6.19. The summed E-state index contributed by atoms with van der Waals surface area (Å²) >= 11 is 0. The Morgan fingerprint density at radius 1 is 0.970 bits per heavy atom. The molecule has 0 spiro atoms. The van der Waals surface area contributed by atoms with Crippen molar-refractivity contribution in [2.24, 2.45) is 0 Å². The first kappa shape index (κ1) is 19.5. The highest BCUT2D eigenvalue weighted by Gasteiger charge is 2.22. The summed E-state index contributed by atoms with van der Waals surface area (Å²) in [7, 11) is 0. The lowest BCUT2D eigenvalue weighted by atomic mass is 9.94. The minimum atomic E-state index is -0.952. The fraction of sp³-hybridized carbons (Fsp3) is 0.115. The number of hydrogen-bond acceptors (Lipinski definition) is 2. The van der Waals surface area contributed by atoms with Crippen LogP contribution in [0.3, 0.4) is 0 Å². The molecule has 0 bridgehead atoms. The summed E-state index contributed by atoms with van der Waals surface area (Å²) in [6.07, 6.45) is 3.96. The van der Waals surface area contributed by atoms with E-state index < -0.39 is 11.6 Å². The number of aromatic nitrogens is 1. The van der Waals surface area contributed by atoms with E-state index in [0.717, 1.165) is 46.2 Å². The minimum Gasteiger partial charge on any atom is -0.464 e. The van der Waals surface area contributed by atoms with Crippen molar-refractivity contribution in [2.45, 2.75) is 13.0 Å². The van der Waals surface area contributed by atoms with E-state index in [1.165, 1.54) is 5.56 Å². The largest absolute Gasteiger partial charge is 0.464 e. The number of benzene rings is 3. The first-order valence-electron chi connectivity index (χ1n) is 10.7. The number of nitrogens with one attached hydrogen (secondary N) is 2. The molecule has 6 rings (SSSR count). The first-order chi connectivity index (χ1) is 16.0. The lowest BCUT2D eigenvalue weighted by Crippen LogP contribution is -2.38. The number of hydrogen-bond donors (Lipinski definition) is 2. The Labute approximate surface area is 187 Å². The molecule has 2 amide bonds. The highest BCUT2D eigenvalue weighted by atomic mass is 19.2. The average Bonchev–Trinajstić information content (AvgIpc) is 3.45. The van der Waals surface area contributed by atoms with Crippen molar-refractivity contribution in [3.63, 3.8) is 0 Å². The summed E-state index contributed by atoms with van der Waals surface area (Å²) in [5.74, 6) is -1.88. The van der Waals surface area contributed by atoms with Gasteiger partial charge in [0.25, 0.3) is 0 Å². The zero-order valence-corrected chi connectivity index (χ0v) is 17.5.